The first kappa shape index (κ1) is 19.2. The van der Waals surface area contributed by atoms with Crippen molar-refractivity contribution < 1.29 is 18.3 Å². The van der Waals surface area contributed by atoms with Gasteiger partial charge >= 0.3 is 0 Å². The van der Waals surface area contributed by atoms with Gasteiger partial charge in [0.1, 0.15) is 5.75 Å². The maximum absolute atomic E-state index is 12.5. The number of hydrogen-bond acceptors (Lipinski definition) is 4. The van der Waals surface area contributed by atoms with Gasteiger partial charge in [0.15, 0.2) is 0 Å². The van der Waals surface area contributed by atoms with Crippen LogP contribution in [0.1, 0.15) is 50.2 Å². The fourth-order valence-electron chi connectivity index (χ4n) is 3.40. The number of aryl methyl sites for hydroxylation is 2. The van der Waals surface area contributed by atoms with E-state index in [4.69, 9.17) is 4.74 Å². The lowest BCUT2D eigenvalue weighted by molar-refractivity contribution is 0.0888. The van der Waals surface area contributed by atoms with E-state index in [1.54, 1.807) is 12.1 Å². The Labute approximate surface area is 145 Å². The number of aliphatic hydroxyl groups excluding tert-OH is 1. The van der Waals surface area contributed by atoms with Crippen molar-refractivity contribution in [2.75, 3.05) is 13.2 Å². The van der Waals surface area contributed by atoms with E-state index in [9.17, 15) is 13.5 Å². The molecule has 1 aliphatic carbocycles. The van der Waals surface area contributed by atoms with Crippen LogP contribution in [0, 0.1) is 19.8 Å². The number of sulfonamides is 1. The number of aliphatic hydroxyl groups is 1. The SMILES string of the molecule is CCOc1c(C)cc(S(=O)(=O)NCC(O)C2CCCCC2)cc1C. The molecule has 0 amide bonds. The normalized spacial score (nSPS) is 17.7. The van der Waals surface area contributed by atoms with Gasteiger partial charge in [-0.3, -0.25) is 0 Å². The second-order valence-corrected chi connectivity index (χ2v) is 8.40. The van der Waals surface area contributed by atoms with Gasteiger partial charge < -0.3 is 9.84 Å². The largest absolute Gasteiger partial charge is 0.493 e. The monoisotopic (exact) mass is 355 g/mol. The number of ether oxygens (including phenoxy) is 1. The second-order valence-electron chi connectivity index (χ2n) is 6.64. The average molecular weight is 356 g/mol. The molecule has 1 aromatic rings. The fraction of sp³-hybridized carbons (Fsp3) is 0.667. The average Bonchev–Trinajstić information content (AvgIpc) is 2.56. The summed E-state index contributed by atoms with van der Waals surface area (Å²) in [5, 5.41) is 10.3. The summed E-state index contributed by atoms with van der Waals surface area (Å²) < 4.78 is 33.2. The fourth-order valence-corrected chi connectivity index (χ4v) is 4.62. The first-order valence-electron chi connectivity index (χ1n) is 8.77. The van der Waals surface area contributed by atoms with Gasteiger partial charge in [-0.15, -0.1) is 0 Å². The van der Waals surface area contributed by atoms with Gasteiger partial charge in [0.25, 0.3) is 0 Å². The summed E-state index contributed by atoms with van der Waals surface area (Å²) in [7, 11) is -3.64. The van der Waals surface area contributed by atoms with Crippen LogP contribution in [0.2, 0.25) is 0 Å². The summed E-state index contributed by atoms with van der Waals surface area (Å²) in [4.78, 5) is 0.219. The lowest BCUT2D eigenvalue weighted by Gasteiger charge is -2.26. The van der Waals surface area contributed by atoms with Gasteiger partial charge in [0.05, 0.1) is 17.6 Å². The quantitative estimate of drug-likeness (QED) is 0.788. The van der Waals surface area contributed by atoms with Gasteiger partial charge in [0, 0.05) is 6.54 Å². The van der Waals surface area contributed by atoms with Crippen molar-refractivity contribution in [3.8, 4) is 5.75 Å². The molecule has 1 saturated carbocycles. The molecule has 2 rings (SSSR count). The molecule has 0 spiro atoms. The number of rotatable bonds is 7. The maximum Gasteiger partial charge on any atom is 0.240 e. The first-order valence-corrected chi connectivity index (χ1v) is 10.2. The molecule has 136 valence electrons. The van der Waals surface area contributed by atoms with Crippen LogP contribution in [0.5, 0.6) is 5.75 Å². The molecule has 1 aromatic carbocycles. The molecule has 24 heavy (non-hydrogen) atoms. The Morgan fingerprint density at radius 3 is 2.33 bits per heavy atom. The third kappa shape index (κ3) is 4.71. The highest BCUT2D eigenvalue weighted by Crippen LogP contribution is 2.28. The van der Waals surface area contributed by atoms with E-state index in [1.165, 1.54) is 6.42 Å². The Balaban J connectivity index is 2.07. The van der Waals surface area contributed by atoms with Crippen LogP contribution in [0.25, 0.3) is 0 Å². The Kier molecular flexibility index (Phi) is 6.66. The summed E-state index contributed by atoms with van der Waals surface area (Å²) in [5.41, 5.74) is 1.59. The van der Waals surface area contributed by atoms with Crippen molar-refractivity contribution in [2.24, 2.45) is 5.92 Å². The first-order chi connectivity index (χ1) is 11.3. The van der Waals surface area contributed by atoms with E-state index in [-0.39, 0.29) is 17.4 Å². The predicted octanol–water partition coefficient (Wildman–Crippen LogP) is 2.92. The van der Waals surface area contributed by atoms with Crippen molar-refractivity contribution in [3.63, 3.8) is 0 Å². The minimum Gasteiger partial charge on any atom is -0.493 e. The van der Waals surface area contributed by atoms with E-state index in [0.717, 1.165) is 42.6 Å². The Morgan fingerprint density at radius 1 is 1.21 bits per heavy atom. The molecule has 0 bridgehead atoms. The molecule has 0 aromatic heterocycles. The molecule has 0 heterocycles. The smallest absolute Gasteiger partial charge is 0.240 e. The topological polar surface area (TPSA) is 75.6 Å². The minimum atomic E-state index is -3.64. The number of benzene rings is 1. The number of hydrogen-bond donors (Lipinski definition) is 2. The van der Waals surface area contributed by atoms with E-state index in [1.807, 2.05) is 20.8 Å². The van der Waals surface area contributed by atoms with E-state index < -0.39 is 16.1 Å². The van der Waals surface area contributed by atoms with Crippen LogP contribution in [-0.2, 0) is 10.0 Å². The van der Waals surface area contributed by atoms with Crippen molar-refractivity contribution in [2.45, 2.75) is 63.9 Å². The Hall–Kier alpha value is -1.11. The molecule has 1 unspecified atom stereocenters. The highest BCUT2D eigenvalue weighted by Gasteiger charge is 2.24. The van der Waals surface area contributed by atoms with Crippen LogP contribution in [0.15, 0.2) is 17.0 Å². The Morgan fingerprint density at radius 2 is 1.79 bits per heavy atom. The van der Waals surface area contributed by atoms with Gasteiger partial charge in [-0.1, -0.05) is 19.3 Å². The van der Waals surface area contributed by atoms with Gasteiger partial charge in [-0.25, -0.2) is 13.1 Å². The predicted molar refractivity (Wildman–Crippen MR) is 94.9 cm³/mol. The van der Waals surface area contributed by atoms with Crippen molar-refractivity contribution in [3.05, 3.63) is 23.3 Å². The minimum absolute atomic E-state index is 0.0678. The molecule has 5 nitrogen and oxygen atoms in total. The lowest BCUT2D eigenvalue weighted by atomic mass is 9.85. The zero-order valence-electron chi connectivity index (χ0n) is 14.8. The van der Waals surface area contributed by atoms with Crippen LogP contribution < -0.4 is 9.46 Å². The lowest BCUT2D eigenvalue weighted by Crippen LogP contribution is -2.37. The third-order valence-electron chi connectivity index (χ3n) is 4.71. The zero-order valence-corrected chi connectivity index (χ0v) is 15.7. The molecular formula is C18H29NO4S. The molecule has 6 heteroatoms. The van der Waals surface area contributed by atoms with Crippen LogP contribution in [0.4, 0.5) is 0 Å². The molecule has 1 fully saturated rings. The molecule has 1 atom stereocenters. The Bertz CT molecular complexity index is 628. The van der Waals surface area contributed by atoms with Crippen LogP contribution >= 0.6 is 0 Å². The maximum atomic E-state index is 12.5. The van der Waals surface area contributed by atoms with E-state index in [2.05, 4.69) is 4.72 Å². The molecule has 0 saturated heterocycles. The van der Waals surface area contributed by atoms with Crippen molar-refractivity contribution in [1.29, 1.82) is 0 Å². The van der Waals surface area contributed by atoms with Crippen LogP contribution in [-0.4, -0.2) is 32.8 Å². The molecule has 0 aliphatic heterocycles. The molecular weight excluding hydrogens is 326 g/mol. The van der Waals surface area contributed by atoms with E-state index in [0.29, 0.717) is 6.61 Å². The summed E-state index contributed by atoms with van der Waals surface area (Å²) in [6, 6.07) is 3.24. The summed E-state index contributed by atoms with van der Waals surface area (Å²) in [6.07, 6.45) is 4.77. The third-order valence-corrected chi connectivity index (χ3v) is 6.11. The van der Waals surface area contributed by atoms with Crippen molar-refractivity contribution in [1.82, 2.24) is 4.72 Å². The van der Waals surface area contributed by atoms with E-state index >= 15 is 0 Å². The highest BCUT2D eigenvalue weighted by molar-refractivity contribution is 7.89. The number of nitrogens with one attached hydrogen (secondary N) is 1. The summed E-state index contributed by atoms with van der Waals surface area (Å²) in [5.74, 6) is 0.934. The zero-order chi connectivity index (χ0) is 17.7. The second kappa shape index (κ2) is 8.32. The summed E-state index contributed by atoms with van der Waals surface area (Å²) in [6.45, 7) is 6.19. The van der Waals surface area contributed by atoms with Gasteiger partial charge in [-0.05, 0) is 62.8 Å². The molecule has 1 aliphatic rings. The standard InChI is InChI=1S/C18H29NO4S/c1-4-23-18-13(2)10-16(11-14(18)3)24(21,22)19-12-17(20)15-8-6-5-7-9-15/h10-11,15,17,19-20H,4-9,12H2,1-3H3. The van der Waals surface area contributed by atoms with Crippen LogP contribution in [0.3, 0.4) is 0 Å². The van der Waals surface area contributed by atoms with Crippen molar-refractivity contribution >= 4 is 10.0 Å². The highest BCUT2D eigenvalue weighted by atomic mass is 32.2. The summed E-state index contributed by atoms with van der Waals surface area (Å²) >= 11 is 0. The molecule has 2 N–H and O–H groups in total. The van der Waals surface area contributed by atoms with Gasteiger partial charge in [0.2, 0.25) is 10.0 Å². The molecule has 0 radical (unpaired) electrons. The van der Waals surface area contributed by atoms with Gasteiger partial charge in [-0.2, -0.15) is 0 Å².